The second-order valence-corrected chi connectivity index (χ2v) is 8.57. The molecule has 3 aromatic rings. The number of piperidine rings is 1. The Morgan fingerprint density at radius 2 is 1.93 bits per heavy atom. The molecule has 0 spiro atoms. The van der Waals surface area contributed by atoms with E-state index in [-0.39, 0.29) is 17.6 Å². The van der Waals surface area contributed by atoms with Crippen LogP contribution in [0.1, 0.15) is 55.5 Å². The minimum absolute atomic E-state index is 0.119. The fourth-order valence-corrected chi connectivity index (χ4v) is 3.97. The Hall–Kier alpha value is -3.10. The third-order valence-corrected chi connectivity index (χ3v) is 5.33. The molecule has 0 aliphatic carbocycles. The summed E-state index contributed by atoms with van der Waals surface area (Å²) in [6, 6.07) is 2.49. The molecule has 0 radical (unpaired) electrons. The highest BCUT2D eigenvalue weighted by molar-refractivity contribution is 6.03. The maximum absolute atomic E-state index is 14.0. The minimum Gasteiger partial charge on any atom is -0.465 e. The van der Waals surface area contributed by atoms with Crippen molar-refractivity contribution in [3.05, 3.63) is 35.3 Å². The number of hydrogen-bond acceptors (Lipinski definition) is 5. The fraction of sp³-hybridized carbons (Fsp3) is 0.476. The average Bonchev–Trinajstić information content (AvgIpc) is 3.24. The number of aromatic amines is 1. The van der Waals surface area contributed by atoms with E-state index in [1.807, 2.05) is 20.8 Å². The molecule has 0 unspecified atom stereocenters. The van der Waals surface area contributed by atoms with E-state index in [0.717, 1.165) is 30.1 Å². The molecule has 1 aromatic carbocycles. The zero-order valence-electron chi connectivity index (χ0n) is 17.5. The number of fused-ring (bicyclic) bond motifs is 3. The van der Waals surface area contributed by atoms with E-state index in [1.165, 1.54) is 13.2 Å². The van der Waals surface area contributed by atoms with Crippen molar-refractivity contribution in [3.63, 3.8) is 0 Å². The second-order valence-electron chi connectivity index (χ2n) is 8.57. The zero-order chi connectivity index (χ0) is 21.6. The van der Waals surface area contributed by atoms with E-state index in [9.17, 15) is 14.0 Å². The van der Waals surface area contributed by atoms with Crippen molar-refractivity contribution in [3.8, 4) is 0 Å². The van der Waals surface area contributed by atoms with E-state index >= 15 is 0 Å². The molecule has 0 atom stereocenters. The minimum atomic E-state index is -0.622. The Balaban J connectivity index is 1.61. The molecule has 4 rings (SSSR count). The van der Waals surface area contributed by atoms with Gasteiger partial charge < -0.3 is 19.4 Å². The molecule has 9 heteroatoms. The molecule has 1 saturated heterocycles. The third-order valence-electron chi connectivity index (χ3n) is 5.33. The predicted molar refractivity (Wildman–Crippen MR) is 108 cm³/mol. The van der Waals surface area contributed by atoms with Crippen molar-refractivity contribution in [2.24, 2.45) is 0 Å². The summed E-state index contributed by atoms with van der Waals surface area (Å²) in [6.45, 7) is 6.71. The molecule has 3 heterocycles. The fourth-order valence-electron chi connectivity index (χ4n) is 3.97. The largest absolute Gasteiger partial charge is 0.465 e. The number of halogens is 1. The van der Waals surface area contributed by atoms with Gasteiger partial charge in [-0.15, -0.1) is 0 Å². The van der Waals surface area contributed by atoms with Crippen LogP contribution in [0.15, 0.2) is 18.3 Å². The number of ether oxygens (including phenoxy) is 2. The number of nitrogens with zero attached hydrogens (tertiary/aromatic N) is 3. The second kappa shape index (κ2) is 7.30. The SMILES string of the molecule is COC(=O)c1cc(F)cc2[nH]c3c(C4CCN(C(=O)OC(C)(C)C)CC4)cnn3c12. The lowest BCUT2D eigenvalue weighted by Gasteiger charge is -2.33. The van der Waals surface area contributed by atoms with Crippen molar-refractivity contribution in [2.75, 3.05) is 20.2 Å². The van der Waals surface area contributed by atoms with E-state index in [2.05, 4.69) is 10.1 Å². The van der Waals surface area contributed by atoms with Crippen LogP contribution >= 0.6 is 0 Å². The van der Waals surface area contributed by atoms with Gasteiger partial charge in [-0.2, -0.15) is 5.10 Å². The average molecular weight is 416 g/mol. The maximum atomic E-state index is 14.0. The topological polar surface area (TPSA) is 88.9 Å². The lowest BCUT2D eigenvalue weighted by atomic mass is 9.91. The summed E-state index contributed by atoms with van der Waals surface area (Å²) in [5, 5.41) is 4.44. The first-order chi connectivity index (χ1) is 14.2. The predicted octanol–water partition coefficient (Wildman–Crippen LogP) is 3.86. The summed E-state index contributed by atoms with van der Waals surface area (Å²) in [7, 11) is 1.26. The summed E-state index contributed by atoms with van der Waals surface area (Å²) in [6.07, 6.45) is 2.98. The van der Waals surface area contributed by atoms with Crippen LogP contribution in [0.5, 0.6) is 0 Å². The number of carbonyl (C=O) groups is 2. The number of amides is 1. The summed E-state index contributed by atoms with van der Waals surface area (Å²) in [4.78, 5) is 29.4. The van der Waals surface area contributed by atoms with Crippen LogP contribution in [0.25, 0.3) is 16.7 Å². The standard InChI is InChI=1S/C21H25FN4O4/c1-21(2,3)30-20(28)25-7-5-12(6-8-25)15-11-23-26-17-14(19(27)29-4)9-13(22)10-16(17)24-18(15)26/h9-12,24H,5-8H2,1-4H3. The Morgan fingerprint density at radius 1 is 1.23 bits per heavy atom. The Morgan fingerprint density at radius 3 is 2.57 bits per heavy atom. The Kier molecular flexibility index (Phi) is 4.91. The van der Waals surface area contributed by atoms with E-state index in [1.54, 1.807) is 15.6 Å². The Labute approximate surface area is 172 Å². The summed E-state index contributed by atoms with van der Waals surface area (Å²) >= 11 is 0. The van der Waals surface area contributed by atoms with Gasteiger partial charge in [0, 0.05) is 18.7 Å². The summed E-state index contributed by atoms with van der Waals surface area (Å²) < 4.78 is 25.9. The van der Waals surface area contributed by atoms with Crippen molar-refractivity contribution in [2.45, 2.75) is 45.1 Å². The van der Waals surface area contributed by atoms with Gasteiger partial charge in [0.15, 0.2) is 0 Å². The molecule has 1 aliphatic heterocycles. The smallest absolute Gasteiger partial charge is 0.410 e. The molecular weight excluding hydrogens is 391 g/mol. The summed E-state index contributed by atoms with van der Waals surface area (Å²) in [5.41, 5.74) is 2.25. The molecule has 1 fully saturated rings. The maximum Gasteiger partial charge on any atom is 0.410 e. The van der Waals surface area contributed by atoms with Crippen LogP contribution in [0, 0.1) is 5.82 Å². The number of H-pyrrole nitrogens is 1. The summed E-state index contributed by atoms with van der Waals surface area (Å²) in [5.74, 6) is -0.969. The number of aromatic nitrogens is 3. The molecule has 1 N–H and O–H groups in total. The third kappa shape index (κ3) is 3.59. The number of esters is 1. The highest BCUT2D eigenvalue weighted by Crippen LogP contribution is 2.33. The molecule has 160 valence electrons. The normalized spacial score (nSPS) is 15.7. The van der Waals surface area contributed by atoms with Gasteiger partial charge in [-0.25, -0.2) is 18.5 Å². The van der Waals surface area contributed by atoms with Crippen LogP contribution in [-0.2, 0) is 9.47 Å². The molecule has 0 bridgehead atoms. The van der Waals surface area contributed by atoms with Gasteiger partial charge in [0.1, 0.15) is 22.6 Å². The van der Waals surface area contributed by atoms with Crippen LogP contribution < -0.4 is 0 Å². The van der Waals surface area contributed by atoms with Crippen LogP contribution in [-0.4, -0.2) is 57.4 Å². The van der Waals surface area contributed by atoms with Crippen molar-refractivity contribution >= 4 is 28.7 Å². The number of carbonyl (C=O) groups excluding carboxylic acids is 2. The molecular formula is C21H25FN4O4. The quantitative estimate of drug-likeness (QED) is 0.641. The van der Waals surface area contributed by atoms with Gasteiger partial charge in [-0.1, -0.05) is 0 Å². The number of likely N-dealkylation sites (tertiary alicyclic amines) is 1. The van der Waals surface area contributed by atoms with E-state index in [0.29, 0.717) is 24.1 Å². The van der Waals surface area contributed by atoms with Crippen molar-refractivity contribution in [1.29, 1.82) is 0 Å². The number of hydrogen-bond donors (Lipinski definition) is 1. The van der Waals surface area contributed by atoms with Gasteiger partial charge in [-0.3, -0.25) is 0 Å². The molecule has 0 saturated carbocycles. The lowest BCUT2D eigenvalue weighted by Crippen LogP contribution is -2.41. The molecule has 1 amide bonds. The number of nitrogens with one attached hydrogen (secondary N) is 1. The lowest BCUT2D eigenvalue weighted by molar-refractivity contribution is 0.0205. The first-order valence-corrected chi connectivity index (χ1v) is 9.93. The van der Waals surface area contributed by atoms with Gasteiger partial charge >= 0.3 is 12.1 Å². The van der Waals surface area contributed by atoms with Crippen molar-refractivity contribution < 1.29 is 23.5 Å². The number of benzene rings is 1. The first-order valence-electron chi connectivity index (χ1n) is 9.93. The monoisotopic (exact) mass is 416 g/mol. The van der Waals surface area contributed by atoms with Crippen LogP contribution in [0.3, 0.4) is 0 Å². The zero-order valence-corrected chi connectivity index (χ0v) is 17.5. The number of methoxy groups -OCH3 is 1. The van der Waals surface area contributed by atoms with Gasteiger partial charge in [0.2, 0.25) is 0 Å². The van der Waals surface area contributed by atoms with Crippen LogP contribution in [0.2, 0.25) is 0 Å². The first kappa shape index (κ1) is 20.2. The van der Waals surface area contributed by atoms with E-state index in [4.69, 9.17) is 9.47 Å². The molecule has 8 nitrogen and oxygen atoms in total. The highest BCUT2D eigenvalue weighted by Gasteiger charge is 2.30. The highest BCUT2D eigenvalue weighted by atomic mass is 19.1. The number of imidazole rings is 1. The molecule has 2 aromatic heterocycles. The van der Waals surface area contributed by atoms with Gasteiger partial charge in [-0.05, 0) is 51.7 Å². The molecule has 1 aliphatic rings. The van der Waals surface area contributed by atoms with Gasteiger partial charge in [0.25, 0.3) is 0 Å². The van der Waals surface area contributed by atoms with Gasteiger partial charge in [0.05, 0.1) is 24.4 Å². The number of rotatable bonds is 2. The molecule has 30 heavy (non-hydrogen) atoms. The van der Waals surface area contributed by atoms with Crippen molar-refractivity contribution in [1.82, 2.24) is 19.5 Å². The van der Waals surface area contributed by atoms with Crippen LogP contribution in [0.4, 0.5) is 9.18 Å². The Bertz CT molecular complexity index is 1120. The van der Waals surface area contributed by atoms with E-state index < -0.39 is 17.4 Å².